The van der Waals surface area contributed by atoms with Crippen molar-refractivity contribution in [3.05, 3.63) is 46.0 Å². The molecule has 0 aliphatic carbocycles. The van der Waals surface area contributed by atoms with Crippen LogP contribution in [0, 0.1) is 0 Å². The summed E-state index contributed by atoms with van der Waals surface area (Å²) in [5.74, 6) is 1.33. The minimum absolute atomic E-state index is 0.235. The van der Waals surface area contributed by atoms with E-state index in [0.717, 1.165) is 25.2 Å². The van der Waals surface area contributed by atoms with Gasteiger partial charge in [0.05, 0.1) is 13.2 Å². The van der Waals surface area contributed by atoms with Crippen LogP contribution in [0.15, 0.2) is 29.1 Å². The lowest BCUT2D eigenvalue weighted by Gasteiger charge is -2.27. The van der Waals surface area contributed by atoms with E-state index in [1.807, 2.05) is 13.0 Å². The van der Waals surface area contributed by atoms with E-state index >= 15 is 0 Å². The summed E-state index contributed by atoms with van der Waals surface area (Å²) in [6, 6.07) is 6.60. The molecule has 25 heavy (non-hydrogen) atoms. The predicted molar refractivity (Wildman–Crippen MR) is 95.0 cm³/mol. The molecule has 3 heterocycles. The van der Waals surface area contributed by atoms with Gasteiger partial charge in [-0.05, 0) is 12.5 Å². The monoisotopic (exact) mass is 345 g/mol. The van der Waals surface area contributed by atoms with Gasteiger partial charge >= 0.3 is 0 Å². The molecule has 134 valence electrons. The first-order chi connectivity index (χ1) is 12.2. The number of anilines is 2. The third kappa shape index (κ3) is 4.55. The molecule has 0 bridgehead atoms. The highest BCUT2D eigenvalue weighted by Gasteiger charge is 2.16. The van der Waals surface area contributed by atoms with Crippen molar-refractivity contribution >= 4 is 11.8 Å². The number of pyridine rings is 1. The van der Waals surface area contributed by atoms with Gasteiger partial charge in [0, 0.05) is 43.2 Å². The summed E-state index contributed by atoms with van der Waals surface area (Å²) in [5.41, 5.74) is 1.17. The molecule has 1 aliphatic rings. The van der Waals surface area contributed by atoms with Crippen molar-refractivity contribution in [3.8, 4) is 0 Å². The van der Waals surface area contributed by atoms with Gasteiger partial charge < -0.3 is 25.0 Å². The average Bonchev–Trinajstić information content (AvgIpc) is 2.66. The highest BCUT2D eigenvalue weighted by molar-refractivity contribution is 5.44. The van der Waals surface area contributed by atoms with Crippen LogP contribution in [-0.4, -0.2) is 52.9 Å². The Balaban J connectivity index is 1.71. The van der Waals surface area contributed by atoms with Gasteiger partial charge in [-0.15, -0.1) is 0 Å². The summed E-state index contributed by atoms with van der Waals surface area (Å²) in [4.78, 5) is 25.2. The van der Waals surface area contributed by atoms with E-state index in [9.17, 15) is 9.90 Å². The topological polar surface area (TPSA) is 103 Å². The molecule has 0 spiro atoms. The Morgan fingerprint density at radius 1 is 1.36 bits per heavy atom. The molecule has 0 aromatic carbocycles. The standard InChI is InChI=1S/C17H23N5O3/c1-2-12-10-15(21-17(19-12)22-6-8-25-9-7-22)18-11-14(23)13-4-3-5-16(24)20-13/h3-5,10,14,23H,2,6-9,11H2,1H3,(H,20,24)(H,18,19,21). The number of aromatic nitrogens is 3. The van der Waals surface area contributed by atoms with Gasteiger partial charge in [-0.1, -0.05) is 13.0 Å². The highest BCUT2D eigenvalue weighted by Crippen LogP contribution is 2.17. The second kappa shape index (κ2) is 8.09. The Kier molecular flexibility index (Phi) is 5.62. The van der Waals surface area contributed by atoms with Crippen LogP contribution in [0.1, 0.15) is 24.4 Å². The van der Waals surface area contributed by atoms with Gasteiger partial charge in [-0.2, -0.15) is 4.98 Å². The molecule has 1 aliphatic heterocycles. The third-order valence-electron chi connectivity index (χ3n) is 4.05. The van der Waals surface area contributed by atoms with Gasteiger partial charge in [0.15, 0.2) is 0 Å². The minimum Gasteiger partial charge on any atom is -0.385 e. The minimum atomic E-state index is -0.833. The second-order valence-corrected chi connectivity index (χ2v) is 5.86. The normalized spacial score (nSPS) is 15.8. The van der Waals surface area contributed by atoms with Gasteiger partial charge in [0.1, 0.15) is 11.9 Å². The summed E-state index contributed by atoms with van der Waals surface area (Å²) >= 11 is 0. The number of nitrogens with zero attached hydrogens (tertiary/aromatic N) is 3. The lowest BCUT2D eigenvalue weighted by Crippen LogP contribution is -2.37. The molecule has 2 aromatic heterocycles. The largest absolute Gasteiger partial charge is 0.385 e. The number of aryl methyl sites for hydroxylation is 1. The van der Waals surface area contributed by atoms with Crippen molar-refractivity contribution in [3.63, 3.8) is 0 Å². The van der Waals surface area contributed by atoms with E-state index in [2.05, 4.69) is 25.2 Å². The van der Waals surface area contributed by atoms with Crippen LogP contribution in [-0.2, 0) is 11.2 Å². The molecular weight excluding hydrogens is 322 g/mol. The van der Waals surface area contributed by atoms with E-state index in [0.29, 0.717) is 30.7 Å². The number of aliphatic hydroxyl groups is 1. The molecular formula is C17H23N5O3. The fourth-order valence-electron chi connectivity index (χ4n) is 2.63. The van der Waals surface area contributed by atoms with E-state index in [1.165, 1.54) is 6.07 Å². The van der Waals surface area contributed by atoms with Crippen LogP contribution in [0.4, 0.5) is 11.8 Å². The number of aliphatic hydroxyl groups excluding tert-OH is 1. The molecule has 1 fully saturated rings. The maximum atomic E-state index is 11.3. The number of aromatic amines is 1. The lowest BCUT2D eigenvalue weighted by molar-refractivity contribution is 0.122. The maximum absolute atomic E-state index is 11.3. The first kappa shape index (κ1) is 17.4. The van der Waals surface area contributed by atoms with Crippen molar-refractivity contribution < 1.29 is 9.84 Å². The van der Waals surface area contributed by atoms with E-state index in [4.69, 9.17) is 4.74 Å². The molecule has 2 aromatic rings. The number of H-pyrrole nitrogens is 1. The smallest absolute Gasteiger partial charge is 0.248 e. The van der Waals surface area contributed by atoms with E-state index < -0.39 is 6.10 Å². The van der Waals surface area contributed by atoms with Crippen LogP contribution in [0.2, 0.25) is 0 Å². The van der Waals surface area contributed by atoms with Crippen molar-refractivity contribution in [1.29, 1.82) is 0 Å². The summed E-state index contributed by atoms with van der Waals surface area (Å²) in [6.07, 6.45) is -0.0379. The van der Waals surface area contributed by atoms with Gasteiger partial charge in [-0.25, -0.2) is 4.98 Å². The van der Waals surface area contributed by atoms with Gasteiger partial charge in [-0.3, -0.25) is 4.79 Å². The number of hydrogen-bond donors (Lipinski definition) is 3. The quantitative estimate of drug-likeness (QED) is 0.708. The maximum Gasteiger partial charge on any atom is 0.248 e. The Morgan fingerprint density at radius 3 is 2.88 bits per heavy atom. The molecule has 3 N–H and O–H groups in total. The summed E-state index contributed by atoms with van der Waals surface area (Å²) in [5, 5.41) is 13.4. The molecule has 8 heteroatoms. The van der Waals surface area contributed by atoms with Crippen molar-refractivity contribution in [1.82, 2.24) is 15.0 Å². The first-order valence-electron chi connectivity index (χ1n) is 8.47. The zero-order chi connectivity index (χ0) is 17.6. The van der Waals surface area contributed by atoms with Crippen LogP contribution in [0.5, 0.6) is 0 Å². The Labute approximate surface area is 145 Å². The summed E-state index contributed by atoms with van der Waals surface area (Å²) in [6.45, 7) is 5.15. The van der Waals surface area contributed by atoms with Gasteiger partial charge in [0.2, 0.25) is 11.5 Å². The number of hydrogen-bond acceptors (Lipinski definition) is 7. The number of rotatable bonds is 6. The zero-order valence-corrected chi connectivity index (χ0v) is 14.2. The Hall–Kier alpha value is -2.45. The predicted octanol–water partition coefficient (Wildman–Crippen LogP) is 0.709. The summed E-state index contributed by atoms with van der Waals surface area (Å²) in [7, 11) is 0. The average molecular weight is 345 g/mol. The molecule has 0 saturated carbocycles. The molecule has 8 nitrogen and oxygen atoms in total. The first-order valence-corrected chi connectivity index (χ1v) is 8.47. The fraction of sp³-hybridized carbons (Fsp3) is 0.471. The SMILES string of the molecule is CCc1cc(NCC(O)c2cccc(=O)[nH]2)nc(N2CCOCC2)n1. The van der Waals surface area contributed by atoms with E-state index in [1.54, 1.807) is 12.1 Å². The molecule has 1 saturated heterocycles. The van der Waals surface area contributed by atoms with Crippen molar-refractivity contribution in [2.45, 2.75) is 19.4 Å². The van der Waals surface area contributed by atoms with Crippen LogP contribution < -0.4 is 15.8 Å². The highest BCUT2D eigenvalue weighted by atomic mass is 16.5. The Bertz CT molecular complexity index is 758. The molecule has 1 atom stereocenters. The molecule has 3 rings (SSSR count). The number of morpholine rings is 1. The van der Waals surface area contributed by atoms with Crippen LogP contribution >= 0.6 is 0 Å². The number of nitrogens with one attached hydrogen (secondary N) is 2. The fourth-order valence-corrected chi connectivity index (χ4v) is 2.63. The Morgan fingerprint density at radius 2 is 2.16 bits per heavy atom. The van der Waals surface area contributed by atoms with Crippen molar-refractivity contribution in [2.24, 2.45) is 0 Å². The zero-order valence-electron chi connectivity index (χ0n) is 14.2. The van der Waals surface area contributed by atoms with Crippen molar-refractivity contribution in [2.75, 3.05) is 43.1 Å². The summed E-state index contributed by atoms with van der Waals surface area (Å²) < 4.78 is 5.37. The lowest BCUT2D eigenvalue weighted by atomic mass is 10.2. The van der Waals surface area contributed by atoms with Gasteiger partial charge in [0.25, 0.3) is 0 Å². The molecule has 1 unspecified atom stereocenters. The van der Waals surface area contributed by atoms with Crippen LogP contribution in [0.25, 0.3) is 0 Å². The number of ether oxygens (including phenoxy) is 1. The van der Waals surface area contributed by atoms with Crippen LogP contribution in [0.3, 0.4) is 0 Å². The second-order valence-electron chi connectivity index (χ2n) is 5.86. The van der Waals surface area contributed by atoms with E-state index in [-0.39, 0.29) is 12.1 Å². The third-order valence-corrected chi connectivity index (χ3v) is 4.05. The molecule has 0 amide bonds. The molecule has 0 radical (unpaired) electrons.